The number of aryl methyl sites for hydroxylation is 1. The summed E-state index contributed by atoms with van der Waals surface area (Å²) in [4.78, 5) is 2.87. The van der Waals surface area contributed by atoms with Crippen molar-refractivity contribution in [1.29, 1.82) is 0 Å². The fraction of sp³-hybridized carbons (Fsp3) is 0.500. The largest absolute Gasteiger partial charge is 0.326 e. The van der Waals surface area contributed by atoms with Crippen molar-refractivity contribution in [1.82, 2.24) is 0 Å². The zero-order valence-electron chi connectivity index (χ0n) is 6.19. The molecule has 0 spiro atoms. The average molecular weight is 232 g/mol. The molecule has 11 heavy (non-hydrogen) atoms. The summed E-state index contributed by atoms with van der Waals surface area (Å²) in [5.74, 6) is 0. The molecule has 0 radical (unpaired) electrons. The smallest absolute Gasteiger partial charge is 0.0362 e. The summed E-state index contributed by atoms with van der Waals surface area (Å²) in [6, 6.07) is 0. The van der Waals surface area contributed by atoms with E-state index < -0.39 is 0 Å². The first-order valence-electron chi connectivity index (χ1n) is 3.82. The Morgan fingerprint density at radius 2 is 2.27 bits per heavy atom. The van der Waals surface area contributed by atoms with Crippen molar-refractivity contribution in [2.24, 2.45) is 5.73 Å². The molecule has 0 saturated heterocycles. The molecule has 60 valence electrons. The number of fused-ring (bicyclic) bond motifs is 1. The van der Waals surface area contributed by atoms with E-state index in [2.05, 4.69) is 15.9 Å². The molecule has 1 aliphatic carbocycles. The molecule has 3 heteroatoms. The Balaban J connectivity index is 2.49. The van der Waals surface area contributed by atoms with Crippen molar-refractivity contribution < 1.29 is 0 Å². The molecule has 0 fully saturated rings. The Labute approximate surface area is 78.7 Å². The number of thiophene rings is 1. The third-order valence-electron chi connectivity index (χ3n) is 2.11. The predicted molar refractivity (Wildman–Crippen MR) is 51.9 cm³/mol. The van der Waals surface area contributed by atoms with Gasteiger partial charge < -0.3 is 5.73 Å². The quantitative estimate of drug-likeness (QED) is 0.790. The minimum atomic E-state index is 0.679. The van der Waals surface area contributed by atoms with Crippen LogP contribution in [0.15, 0.2) is 4.47 Å². The Morgan fingerprint density at radius 1 is 1.45 bits per heavy atom. The standard InChI is InChI=1S/C8H10BrNS/c9-8-5-2-1-3-6(5)11-7(8)4-10/h1-4,10H2. The van der Waals surface area contributed by atoms with E-state index in [9.17, 15) is 0 Å². The van der Waals surface area contributed by atoms with E-state index in [1.165, 1.54) is 34.2 Å². The van der Waals surface area contributed by atoms with E-state index in [4.69, 9.17) is 5.73 Å². The molecule has 1 nitrogen and oxygen atoms in total. The third kappa shape index (κ3) is 1.15. The van der Waals surface area contributed by atoms with Crippen LogP contribution in [0.5, 0.6) is 0 Å². The second kappa shape index (κ2) is 2.88. The average Bonchev–Trinajstić information content (AvgIpc) is 2.53. The summed E-state index contributed by atoms with van der Waals surface area (Å²) in [7, 11) is 0. The molecule has 1 heterocycles. The molecule has 0 atom stereocenters. The maximum absolute atomic E-state index is 5.59. The van der Waals surface area contributed by atoms with Crippen LogP contribution in [0.3, 0.4) is 0 Å². The summed E-state index contributed by atoms with van der Waals surface area (Å²) in [6.45, 7) is 0.679. The van der Waals surface area contributed by atoms with E-state index in [1.54, 1.807) is 4.88 Å². The highest BCUT2D eigenvalue weighted by atomic mass is 79.9. The fourth-order valence-corrected chi connectivity index (χ4v) is 3.69. The van der Waals surface area contributed by atoms with Gasteiger partial charge in [0.25, 0.3) is 0 Å². The lowest BCUT2D eigenvalue weighted by Gasteiger charge is -1.93. The van der Waals surface area contributed by atoms with Crippen molar-refractivity contribution in [3.05, 3.63) is 19.8 Å². The van der Waals surface area contributed by atoms with Gasteiger partial charge in [0.15, 0.2) is 0 Å². The maximum atomic E-state index is 5.59. The van der Waals surface area contributed by atoms with Crippen LogP contribution in [0.1, 0.15) is 21.7 Å². The molecule has 0 amide bonds. The molecule has 1 aromatic rings. The Bertz CT molecular complexity index is 279. The molecule has 0 unspecified atom stereocenters. The van der Waals surface area contributed by atoms with E-state index in [-0.39, 0.29) is 0 Å². The first-order valence-corrected chi connectivity index (χ1v) is 5.43. The number of rotatable bonds is 1. The summed E-state index contributed by atoms with van der Waals surface area (Å²) in [6.07, 6.45) is 3.83. The molecule has 2 N–H and O–H groups in total. The van der Waals surface area contributed by atoms with Gasteiger partial charge in [0.2, 0.25) is 0 Å². The Morgan fingerprint density at radius 3 is 2.91 bits per heavy atom. The lowest BCUT2D eigenvalue weighted by molar-refractivity contribution is 0.910. The lowest BCUT2D eigenvalue weighted by Crippen LogP contribution is -1.93. The van der Waals surface area contributed by atoms with Gasteiger partial charge in [-0.3, -0.25) is 0 Å². The molecule has 0 saturated carbocycles. The highest BCUT2D eigenvalue weighted by Crippen LogP contribution is 2.38. The van der Waals surface area contributed by atoms with Gasteiger partial charge in [-0.15, -0.1) is 11.3 Å². The molecule has 1 aromatic heterocycles. The lowest BCUT2D eigenvalue weighted by atomic mass is 10.2. The molecule has 0 aliphatic heterocycles. The molecular weight excluding hydrogens is 222 g/mol. The highest BCUT2D eigenvalue weighted by Gasteiger charge is 2.19. The van der Waals surface area contributed by atoms with E-state index in [1.807, 2.05) is 11.3 Å². The van der Waals surface area contributed by atoms with Crippen LogP contribution in [-0.2, 0) is 19.4 Å². The number of hydrogen-bond acceptors (Lipinski definition) is 2. The number of hydrogen-bond donors (Lipinski definition) is 1. The van der Waals surface area contributed by atoms with Crippen LogP contribution >= 0.6 is 27.3 Å². The van der Waals surface area contributed by atoms with Crippen molar-refractivity contribution in [3.8, 4) is 0 Å². The predicted octanol–water partition coefficient (Wildman–Crippen LogP) is 2.46. The minimum Gasteiger partial charge on any atom is -0.326 e. The SMILES string of the molecule is NCc1sc2c(c1Br)CCC2. The van der Waals surface area contributed by atoms with Gasteiger partial charge in [-0.1, -0.05) is 0 Å². The van der Waals surface area contributed by atoms with Crippen molar-refractivity contribution >= 4 is 27.3 Å². The summed E-state index contributed by atoms with van der Waals surface area (Å²) in [5, 5.41) is 0. The van der Waals surface area contributed by atoms with Crippen molar-refractivity contribution in [2.45, 2.75) is 25.8 Å². The van der Waals surface area contributed by atoms with Gasteiger partial charge in [-0.2, -0.15) is 0 Å². The van der Waals surface area contributed by atoms with Gasteiger partial charge in [0, 0.05) is 20.8 Å². The van der Waals surface area contributed by atoms with Gasteiger partial charge in [0.1, 0.15) is 0 Å². The highest BCUT2D eigenvalue weighted by molar-refractivity contribution is 9.10. The Kier molecular flexibility index (Phi) is 2.04. The van der Waals surface area contributed by atoms with Crippen LogP contribution < -0.4 is 5.73 Å². The van der Waals surface area contributed by atoms with Crippen LogP contribution in [0.4, 0.5) is 0 Å². The van der Waals surface area contributed by atoms with Crippen molar-refractivity contribution in [3.63, 3.8) is 0 Å². The van der Waals surface area contributed by atoms with Crippen LogP contribution in [-0.4, -0.2) is 0 Å². The number of nitrogens with two attached hydrogens (primary N) is 1. The van der Waals surface area contributed by atoms with Crippen molar-refractivity contribution in [2.75, 3.05) is 0 Å². The molecule has 0 aromatic carbocycles. The fourth-order valence-electron chi connectivity index (χ4n) is 1.55. The maximum Gasteiger partial charge on any atom is 0.0362 e. The molecule has 2 rings (SSSR count). The van der Waals surface area contributed by atoms with Gasteiger partial charge in [0.05, 0.1) is 0 Å². The third-order valence-corrected chi connectivity index (χ3v) is 4.64. The van der Waals surface area contributed by atoms with Gasteiger partial charge >= 0.3 is 0 Å². The van der Waals surface area contributed by atoms with E-state index >= 15 is 0 Å². The summed E-state index contributed by atoms with van der Waals surface area (Å²) >= 11 is 5.47. The zero-order chi connectivity index (χ0) is 7.84. The second-order valence-electron chi connectivity index (χ2n) is 2.80. The Hall–Kier alpha value is 0.140. The van der Waals surface area contributed by atoms with Crippen LogP contribution in [0, 0.1) is 0 Å². The van der Waals surface area contributed by atoms with E-state index in [0.29, 0.717) is 6.54 Å². The molecular formula is C8H10BrNS. The monoisotopic (exact) mass is 231 g/mol. The first-order chi connectivity index (χ1) is 5.33. The summed E-state index contributed by atoms with van der Waals surface area (Å²) in [5.41, 5.74) is 7.12. The number of halogens is 1. The summed E-state index contributed by atoms with van der Waals surface area (Å²) < 4.78 is 1.29. The zero-order valence-corrected chi connectivity index (χ0v) is 8.59. The molecule has 1 aliphatic rings. The van der Waals surface area contributed by atoms with Gasteiger partial charge in [-0.25, -0.2) is 0 Å². The van der Waals surface area contributed by atoms with Gasteiger partial charge in [-0.05, 0) is 40.8 Å². The molecule has 0 bridgehead atoms. The minimum absolute atomic E-state index is 0.679. The first kappa shape index (κ1) is 7.77. The van der Waals surface area contributed by atoms with E-state index in [0.717, 1.165) is 0 Å². The second-order valence-corrected chi connectivity index (χ2v) is 4.78. The van der Waals surface area contributed by atoms with Crippen LogP contribution in [0.25, 0.3) is 0 Å². The topological polar surface area (TPSA) is 26.0 Å². The normalized spacial score (nSPS) is 15.5. The van der Waals surface area contributed by atoms with Crippen LogP contribution in [0.2, 0.25) is 0 Å².